The van der Waals surface area contributed by atoms with E-state index in [1.807, 2.05) is 0 Å². The summed E-state index contributed by atoms with van der Waals surface area (Å²) in [5.74, 6) is 0. The molecule has 100 valence electrons. The summed E-state index contributed by atoms with van der Waals surface area (Å²) in [4.78, 5) is 5.28. The van der Waals surface area contributed by atoms with Crippen LogP contribution in [0.4, 0.5) is 0 Å². The average molecular weight is 257 g/mol. The van der Waals surface area contributed by atoms with E-state index in [0.29, 0.717) is 0 Å². The van der Waals surface area contributed by atoms with Crippen LogP contribution in [0.5, 0.6) is 0 Å². The molecule has 2 heterocycles. The number of hydrogen-bond donors (Lipinski definition) is 1. The first kappa shape index (κ1) is 13.7. The Morgan fingerprint density at radius 2 is 1.71 bits per heavy atom. The van der Waals surface area contributed by atoms with Gasteiger partial charge in [-0.2, -0.15) is 11.8 Å². The van der Waals surface area contributed by atoms with Crippen LogP contribution < -0.4 is 5.32 Å². The highest BCUT2D eigenvalue weighted by Crippen LogP contribution is 2.20. The monoisotopic (exact) mass is 257 g/mol. The van der Waals surface area contributed by atoms with Crippen LogP contribution in [0.3, 0.4) is 0 Å². The maximum Gasteiger partial charge on any atom is 0.0110 e. The van der Waals surface area contributed by atoms with E-state index in [9.17, 15) is 0 Å². The minimum atomic E-state index is 0.916. The highest BCUT2D eigenvalue weighted by atomic mass is 32.2. The Balaban J connectivity index is 1.64. The fourth-order valence-corrected chi connectivity index (χ4v) is 3.55. The summed E-state index contributed by atoms with van der Waals surface area (Å²) < 4.78 is 0. The summed E-state index contributed by atoms with van der Waals surface area (Å²) in [6, 6.07) is 0. The van der Waals surface area contributed by atoms with Crippen molar-refractivity contribution in [2.24, 2.45) is 0 Å². The summed E-state index contributed by atoms with van der Waals surface area (Å²) in [7, 11) is 0. The van der Waals surface area contributed by atoms with E-state index in [1.54, 1.807) is 0 Å². The van der Waals surface area contributed by atoms with Gasteiger partial charge >= 0.3 is 0 Å². The molecule has 1 N–H and O–H groups in total. The molecule has 17 heavy (non-hydrogen) atoms. The Labute approximate surface area is 110 Å². The van der Waals surface area contributed by atoms with Crippen molar-refractivity contribution >= 4 is 11.8 Å². The normalized spacial score (nSPS) is 29.1. The third-order valence-electron chi connectivity index (χ3n) is 4.04. The summed E-state index contributed by atoms with van der Waals surface area (Å²) in [6.07, 6.45) is 6.47. The Kier molecular flexibility index (Phi) is 6.12. The van der Waals surface area contributed by atoms with Crippen LogP contribution in [-0.2, 0) is 0 Å². The van der Waals surface area contributed by atoms with Crippen molar-refractivity contribution in [3.8, 4) is 0 Å². The van der Waals surface area contributed by atoms with Crippen LogP contribution in [0.2, 0.25) is 0 Å². The Bertz CT molecular complexity index is 207. The molecule has 0 saturated carbocycles. The fraction of sp³-hybridized carbons (Fsp3) is 1.00. The van der Waals surface area contributed by atoms with E-state index in [1.165, 1.54) is 71.6 Å². The van der Waals surface area contributed by atoms with Crippen LogP contribution in [-0.4, -0.2) is 73.7 Å². The molecular weight excluding hydrogens is 230 g/mol. The Morgan fingerprint density at radius 1 is 1.00 bits per heavy atom. The van der Waals surface area contributed by atoms with Crippen LogP contribution in [0, 0.1) is 0 Å². The highest BCUT2D eigenvalue weighted by molar-refractivity contribution is 7.99. The van der Waals surface area contributed by atoms with Gasteiger partial charge in [-0.1, -0.05) is 0 Å². The topological polar surface area (TPSA) is 18.5 Å². The van der Waals surface area contributed by atoms with Crippen LogP contribution >= 0.6 is 11.8 Å². The maximum atomic E-state index is 3.42. The van der Waals surface area contributed by atoms with Crippen LogP contribution in [0.15, 0.2) is 0 Å². The van der Waals surface area contributed by atoms with Gasteiger partial charge in [-0.15, -0.1) is 0 Å². The molecule has 0 radical (unpaired) electrons. The van der Waals surface area contributed by atoms with Gasteiger partial charge in [-0.05, 0) is 38.6 Å². The van der Waals surface area contributed by atoms with Crippen molar-refractivity contribution in [1.29, 1.82) is 0 Å². The number of nitrogens with one attached hydrogen (secondary N) is 1. The molecular formula is C13H27N3S. The molecule has 2 rings (SSSR count). The molecule has 0 spiro atoms. The summed E-state index contributed by atoms with van der Waals surface area (Å²) in [5.41, 5.74) is 0. The summed E-state index contributed by atoms with van der Waals surface area (Å²) in [5, 5.41) is 4.33. The number of hydrogen-bond acceptors (Lipinski definition) is 4. The quantitative estimate of drug-likeness (QED) is 0.813. The van der Waals surface area contributed by atoms with Gasteiger partial charge in [-0.25, -0.2) is 0 Å². The molecule has 1 unspecified atom stereocenters. The molecule has 2 aliphatic heterocycles. The molecule has 1 atom stereocenters. The summed E-state index contributed by atoms with van der Waals surface area (Å²) >= 11 is 2.06. The second kappa shape index (κ2) is 7.62. The van der Waals surface area contributed by atoms with Crippen molar-refractivity contribution in [3.05, 3.63) is 0 Å². The molecule has 2 saturated heterocycles. The van der Waals surface area contributed by atoms with E-state index < -0.39 is 0 Å². The van der Waals surface area contributed by atoms with E-state index in [-0.39, 0.29) is 0 Å². The highest BCUT2D eigenvalue weighted by Gasteiger charge is 2.17. The Hall–Kier alpha value is 0.230. The van der Waals surface area contributed by atoms with E-state index in [2.05, 4.69) is 33.1 Å². The summed E-state index contributed by atoms with van der Waals surface area (Å²) in [6.45, 7) is 10.0. The third kappa shape index (κ3) is 4.78. The number of rotatable bonds is 4. The molecule has 4 heteroatoms. The van der Waals surface area contributed by atoms with Gasteiger partial charge in [0.05, 0.1) is 0 Å². The number of likely N-dealkylation sites (tertiary alicyclic amines) is 1. The van der Waals surface area contributed by atoms with Gasteiger partial charge in [0.15, 0.2) is 0 Å². The maximum absolute atomic E-state index is 3.42. The second-order valence-corrected chi connectivity index (χ2v) is 6.36. The van der Waals surface area contributed by atoms with Gasteiger partial charge in [0.25, 0.3) is 0 Å². The van der Waals surface area contributed by atoms with Crippen LogP contribution in [0.1, 0.15) is 19.3 Å². The molecule has 0 aromatic carbocycles. The third-order valence-corrected chi connectivity index (χ3v) is 5.18. The molecule has 3 nitrogen and oxygen atoms in total. The minimum Gasteiger partial charge on any atom is -0.314 e. The van der Waals surface area contributed by atoms with E-state index in [4.69, 9.17) is 0 Å². The molecule has 2 fully saturated rings. The van der Waals surface area contributed by atoms with Gasteiger partial charge in [0.1, 0.15) is 0 Å². The molecule has 0 amide bonds. The Morgan fingerprint density at radius 3 is 2.41 bits per heavy atom. The van der Waals surface area contributed by atoms with Crippen molar-refractivity contribution < 1.29 is 0 Å². The largest absolute Gasteiger partial charge is 0.314 e. The SMILES string of the molecule is CSC1CCCN(CCN2CCNCC2)CC1. The fourth-order valence-electron chi connectivity index (χ4n) is 2.80. The minimum absolute atomic E-state index is 0.916. The van der Waals surface area contributed by atoms with Gasteiger partial charge in [0, 0.05) is 44.5 Å². The lowest BCUT2D eigenvalue weighted by Crippen LogP contribution is -2.46. The van der Waals surface area contributed by atoms with Gasteiger partial charge < -0.3 is 10.2 Å². The molecule has 0 aliphatic carbocycles. The van der Waals surface area contributed by atoms with Gasteiger partial charge in [0.2, 0.25) is 0 Å². The molecule has 0 bridgehead atoms. The molecule has 2 aliphatic rings. The van der Waals surface area contributed by atoms with Crippen molar-refractivity contribution in [2.75, 3.05) is 58.6 Å². The first-order chi connectivity index (χ1) is 8.38. The standard InChI is InChI=1S/C13H27N3S/c1-17-13-3-2-7-15(8-4-13)11-12-16-9-5-14-6-10-16/h13-14H,2-12H2,1H3. The lowest BCUT2D eigenvalue weighted by atomic mass is 10.2. The first-order valence-corrected chi connectivity index (χ1v) is 8.35. The average Bonchev–Trinajstić information content (AvgIpc) is 2.62. The lowest BCUT2D eigenvalue weighted by Gasteiger charge is -2.30. The number of thioether (sulfide) groups is 1. The van der Waals surface area contributed by atoms with Crippen LogP contribution in [0.25, 0.3) is 0 Å². The smallest absolute Gasteiger partial charge is 0.0110 e. The molecule has 0 aromatic heterocycles. The first-order valence-electron chi connectivity index (χ1n) is 7.06. The second-order valence-electron chi connectivity index (χ2n) is 5.22. The lowest BCUT2D eigenvalue weighted by molar-refractivity contribution is 0.191. The number of piperazine rings is 1. The van der Waals surface area contributed by atoms with Crippen molar-refractivity contribution in [1.82, 2.24) is 15.1 Å². The van der Waals surface area contributed by atoms with Gasteiger partial charge in [-0.3, -0.25) is 4.90 Å². The van der Waals surface area contributed by atoms with Crippen molar-refractivity contribution in [2.45, 2.75) is 24.5 Å². The number of nitrogens with zero attached hydrogens (tertiary/aromatic N) is 2. The zero-order valence-corrected chi connectivity index (χ0v) is 12.0. The zero-order chi connectivity index (χ0) is 11.9. The molecule has 0 aromatic rings. The zero-order valence-electron chi connectivity index (χ0n) is 11.2. The predicted octanol–water partition coefficient (Wildman–Crippen LogP) is 1.11. The van der Waals surface area contributed by atoms with E-state index >= 15 is 0 Å². The predicted molar refractivity (Wildman–Crippen MR) is 76.9 cm³/mol. The van der Waals surface area contributed by atoms with E-state index in [0.717, 1.165) is 5.25 Å². The van der Waals surface area contributed by atoms with Crippen molar-refractivity contribution in [3.63, 3.8) is 0 Å².